The lowest BCUT2D eigenvalue weighted by molar-refractivity contribution is -0.142. The fourth-order valence-electron chi connectivity index (χ4n) is 2.10. The molecular formula is C9H11NO4S. The van der Waals surface area contributed by atoms with Gasteiger partial charge in [-0.2, -0.15) is 0 Å². The van der Waals surface area contributed by atoms with E-state index in [0.717, 1.165) is 4.90 Å². The SMILES string of the molecule is CC1(N2C(=O)C=CC2=O)CCS(=O)(=O)C1. The van der Waals surface area contributed by atoms with Crippen LogP contribution in [0.25, 0.3) is 0 Å². The number of sulfone groups is 1. The van der Waals surface area contributed by atoms with Crippen molar-refractivity contribution in [2.24, 2.45) is 0 Å². The Morgan fingerprint density at radius 2 is 1.80 bits per heavy atom. The van der Waals surface area contributed by atoms with Crippen molar-refractivity contribution in [2.75, 3.05) is 11.5 Å². The lowest BCUT2D eigenvalue weighted by Gasteiger charge is -2.32. The summed E-state index contributed by atoms with van der Waals surface area (Å²) in [6.07, 6.45) is 2.69. The minimum atomic E-state index is -3.11. The van der Waals surface area contributed by atoms with E-state index in [9.17, 15) is 18.0 Å². The number of hydrogen-bond acceptors (Lipinski definition) is 4. The van der Waals surface area contributed by atoms with Crippen molar-refractivity contribution in [1.82, 2.24) is 4.90 Å². The monoisotopic (exact) mass is 229 g/mol. The van der Waals surface area contributed by atoms with Gasteiger partial charge in [0.15, 0.2) is 9.84 Å². The van der Waals surface area contributed by atoms with Gasteiger partial charge in [0, 0.05) is 12.2 Å². The van der Waals surface area contributed by atoms with Crippen molar-refractivity contribution >= 4 is 21.7 Å². The molecule has 2 aliphatic rings. The molecule has 15 heavy (non-hydrogen) atoms. The molecule has 5 nitrogen and oxygen atoms in total. The molecule has 82 valence electrons. The molecule has 2 aliphatic heterocycles. The number of nitrogens with zero attached hydrogens (tertiary/aromatic N) is 1. The topological polar surface area (TPSA) is 71.5 Å². The molecule has 2 rings (SSSR count). The van der Waals surface area contributed by atoms with E-state index in [2.05, 4.69) is 0 Å². The zero-order valence-electron chi connectivity index (χ0n) is 8.26. The summed E-state index contributed by atoms with van der Waals surface area (Å²) in [6.45, 7) is 1.64. The fourth-order valence-corrected chi connectivity index (χ4v) is 4.22. The van der Waals surface area contributed by atoms with E-state index in [4.69, 9.17) is 0 Å². The summed E-state index contributed by atoms with van der Waals surface area (Å²) in [5, 5.41) is 0. The largest absolute Gasteiger partial charge is 0.269 e. The Hall–Kier alpha value is -1.17. The Bertz CT molecular complexity index is 447. The van der Waals surface area contributed by atoms with E-state index in [1.807, 2.05) is 0 Å². The minimum Gasteiger partial charge on any atom is -0.269 e. The average Bonchev–Trinajstić information content (AvgIpc) is 2.55. The molecule has 0 aliphatic carbocycles. The third kappa shape index (κ3) is 1.58. The van der Waals surface area contributed by atoms with Gasteiger partial charge >= 0.3 is 0 Å². The highest BCUT2D eigenvalue weighted by Gasteiger charge is 2.48. The van der Waals surface area contributed by atoms with Crippen LogP contribution in [-0.4, -0.2) is 42.2 Å². The lowest BCUT2D eigenvalue weighted by atomic mass is 10.00. The van der Waals surface area contributed by atoms with Gasteiger partial charge in [-0.1, -0.05) is 0 Å². The fraction of sp³-hybridized carbons (Fsp3) is 0.556. The zero-order chi connectivity index (χ0) is 11.3. The molecule has 6 heteroatoms. The van der Waals surface area contributed by atoms with Crippen molar-refractivity contribution in [3.63, 3.8) is 0 Å². The standard InChI is InChI=1S/C9H11NO4S/c1-9(4-5-15(13,14)6-9)10-7(11)2-3-8(10)12/h2-3H,4-6H2,1H3. The van der Waals surface area contributed by atoms with Crippen molar-refractivity contribution in [2.45, 2.75) is 18.9 Å². The first-order valence-electron chi connectivity index (χ1n) is 4.61. The zero-order valence-corrected chi connectivity index (χ0v) is 9.08. The van der Waals surface area contributed by atoms with Crippen molar-refractivity contribution in [3.05, 3.63) is 12.2 Å². The summed E-state index contributed by atoms with van der Waals surface area (Å²) in [7, 11) is -3.11. The van der Waals surface area contributed by atoms with Gasteiger partial charge < -0.3 is 0 Å². The number of hydrogen-bond donors (Lipinski definition) is 0. The van der Waals surface area contributed by atoms with Gasteiger partial charge in [-0.15, -0.1) is 0 Å². The Balaban J connectivity index is 2.33. The van der Waals surface area contributed by atoms with Gasteiger partial charge in [-0.05, 0) is 13.3 Å². The smallest absolute Gasteiger partial charge is 0.254 e. The van der Waals surface area contributed by atoms with E-state index < -0.39 is 27.2 Å². The molecular weight excluding hydrogens is 218 g/mol. The molecule has 2 heterocycles. The first kappa shape index (κ1) is 10.4. The quantitative estimate of drug-likeness (QED) is 0.568. The van der Waals surface area contributed by atoms with Crippen LogP contribution in [0.3, 0.4) is 0 Å². The number of carbonyl (C=O) groups is 2. The van der Waals surface area contributed by atoms with Crippen LogP contribution in [0.15, 0.2) is 12.2 Å². The second kappa shape index (κ2) is 2.91. The van der Waals surface area contributed by atoms with Gasteiger partial charge in [0.05, 0.1) is 17.0 Å². The molecule has 0 aromatic rings. The molecule has 0 N–H and O–H groups in total. The maximum atomic E-state index is 11.4. The summed E-state index contributed by atoms with van der Waals surface area (Å²) in [5.74, 6) is -0.918. The third-order valence-electron chi connectivity index (χ3n) is 2.83. The van der Waals surface area contributed by atoms with Crippen LogP contribution < -0.4 is 0 Å². The highest BCUT2D eigenvalue weighted by molar-refractivity contribution is 7.91. The molecule has 1 atom stereocenters. The Morgan fingerprint density at radius 1 is 1.27 bits per heavy atom. The molecule has 0 aromatic carbocycles. The molecule has 1 unspecified atom stereocenters. The summed E-state index contributed by atoms with van der Waals surface area (Å²) in [6, 6.07) is 0. The molecule has 0 bridgehead atoms. The van der Waals surface area contributed by atoms with Crippen LogP contribution in [0.2, 0.25) is 0 Å². The van der Waals surface area contributed by atoms with Crippen molar-refractivity contribution < 1.29 is 18.0 Å². The van der Waals surface area contributed by atoms with Gasteiger partial charge in [-0.25, -0.2) is 8.42 Å². The molecule has 0 radical (unpaired) electrons. The average molecular weight is 229 g/mol. The van der Waals surface area contributed by atoms with E-state index in [-0.39, 0.29) is 11.5 Å². The maximum absolute atomic E-state index is 11.4. The summed E-state index contributed by atoms with van der Waals surface area (Å²) >= 11 is 0. The van der Waals surface area contributed by atoms with Crippen LogP contribution in [0.1, 0.15) is 13.3 Å². The predicted octanol–water partition coefficient (Wildman–Crippen LogP) is -0.511. The summed E-state index contributed by atoms with van der Waals surface area (Å²) in [5.41, 5.74) is -0.865. The number of rotatable bonds is 1. The number of imide groups is 1. The second-order valence-electron chi connectivity index (χ2n) is 4.18. The van der Waals surface area contributed by atoms with Gasteiger partial charge in [0.1, 0.15) is 0 Å². The molecule has 1 fully saturated rings. The Labute approximate surface area is 87.7 Å². The highest BCUT2D eigenvalue weighted by Crippen LogP contribution is 2.31. The number of amides is 2. The molecule has 0 aromatic heterocycles. The molecule has 0 spiro atoms. The number of carbonyl (C=O) groups excluding carboxylic acids is 2. The van der Waals surface area contributed by atoms with Crippen LogP contribution in [0.5, 0.6) is 0 Å². The van der Waals surface area contributed by atoms with Crippen LogP contribution in [0, 0.1) is 0 Å². The molecule has 0 saturated carbocycles. The van der Waals surface area contributed by atoms with E-state index in [1.54, 1.807) is 6.92 Å². The first-order valence-corrected chi connectivity index (χ1v) is 6.43. The highest BCUT2D eigenvalue weighted by atomic mass is 32.2. The molecule has 2 amide bonds. The lowest BCUT2D eigenvalue weighted by Crippen LogP contribution is -2.50. The summed E-state index contributed by atoms with van der Waals surface area (Å²) < 4.78 is 22.7. The normalized spacial score (nSPS) is 34.1. The molecule has 1 saturated heterocycles. The second-order valence-corrected chi connectivity index (χ2v) is 6.37. The third-order valence-corrected chi connectivity index (χ3v) is 4.72. The minimum absolute atomic E-state index is 0.0422. The first-order chi connectivity index (χ1) is 6.84. The van der Waals surface area contributed by atoms with Crippen LogP contribution >= 0.6 is 0 Å². The maximum Gasteiger partial charge on any atom is 0.254 e. The summed E-state index contributed by atoms with van der Waals surface area (Å²) in [4.78, 5) is 23.9. The van der Waals surface area contributed by atoms with Crippen LogP contribution in [0.4, 0.5) is 0 Å². The van der Waals surface area contributed by atoms with E-state index in [0.29, 0.717) is 6.42 Å². The van der Waals surface area contributed by atoms with Crippen molar-refractivity contribution in [3.8, 4) is 0 Å². The van der Waals surface area contributed by atoms with Crippen LogP contribution in [-0.2, 0) is 19.4 Å². The van der Waals surface area contributed by atoms with E-state index >= 15 is 0 Å². The van der Waals surface area contributed by atoms with E-state index in [1.165, 1.54) is 12.2 Å². The van der Waals surface area contributed by atoms with Crippen molar-refractivity contribution in [1.29, 1.82) is 0 Å². The van der Waals surface area contributed by atoms with Gasteiger partial charge in [0.2, 0.25) is 0 Å². The Morgan fingerprint density at radius 3 is 2.20 bits per heavy atom. The predicted molar refractivity (Wildman–Crippen MR) is 52.7 cm³/mol. The van der Waals surface area contributed by atoms with Gasteiger partial charge in [0.25, 0.3) is 11.8 Å². The van der Waals surface area contributed by atoms with Gasteiger partial charge in [-0.3, -0.25) is 14.5 Å². The Kier molecular flexibility index (Phi) is 2.01.